The van der Waals surface area contributed by atoms with Crippen LogP contribution in [0.4, 0.5) is 0 Å². The molecule has 6 heteroatoms. The number of hydrogen-bond acceptors (Lipinski definition) is 3. The molecule has 0 spiro atoms. The number of aliphatic imine (C=N–C) groups is 1. The van der Waals surface area contributed by atoms with Gasteiger partial charge in [0.05, 0.1) is 23.9 Å². The summed E-state index contributed by atoms with van der Waals surface area (Å²) < 4.78 is 7.98. The lowest BCUT2D eigenvalue weighted by Crippen LogP contribution is -2.47. The number of aryl methyl sites for hydroxylation is 1. The maximum absolute atomic E-state index is 5.89. The zero-order valence-corrected chi connectivity index (χ0v) is 14.3. The van der Waals surface area contributed by atoms with Gasteiger partial charge in [0, 0.05) is 32.4 Å². The van der Waals surface area contributed by atoms with Crippen LogP contribution >= 0.6 is 0 Å². The van der Waals surface area contributed by atoms with E-state index >= 15 is 0 Å². The Balaban J connectivity index is 1.31. The van der Waals surface area contributed by atoms with Gasteiger partial charge in [0.25, 0.3) is 0 Å². The van der Waals surface area contributed by atoms with Gasteiger partial charge in [0.15, 0.2) is 5.96 Å². The summed E-state index contributed by atoms with van der Waals surface area (Å²) in [7, 11) is 1.82. The van der Waals surface area contributed by atoms with Gasteiger partial charge in [-0.25, -0.2) is 4.98 Å². The van der Waals surface area contributed by atoms with E-state index in [0.717, 1.165) is 36.7 Å². The average Bonchev–Trinajstić information content (AvgIpc) is 3.29. The molecule has 6 nitrogen and oxygen atoms in total. The molecule has 2 aromatic rings. The highest BCUT2D eigenvalue weighted by molar-refractivity contribution is 5.80. The number of pyridine rings is 1. The topological polar surface area (TPSA) is 63.0 Å². The highest BCUT2D eigenvalue weighted by Gasteiger charge is 2.41. The number of aromatic nitrogens is 2. The molecule has 4 heterocycles. The van der Waals surface area contributed by atoms with Gasteiger partial charge >= 0.3 is 0 Å². The Morgan fingerprint density at radius 2 is 2.38 bits per heavy atom. The second-order valence-corrected chi connectivity index (χ2v) is 6.76. The fourth-order valence-electron chi connectivity index (χ4n) is 3.79. The van der Waals surface area contributed by atoms with Crippen molar-refractivity contribution in [2.24, 2.45) is 4.99 Å². The lowest BCUT2D eigenvalue weighted by atomic mass is 9.96. The van der Waals surface area contributed by atoms with Crippen LogP contribution in [-0.4, -0.2) is 47.2 Å². The van der Waals surface area contributed by atoms with Crippen molar-refractivity contribution < 1.29 is 4.74 Å². The van der Waals surface area contributed by atoms with E-state index in [-0.39, 0.29) is 0 Å². The molecule has 2 aliphatic heterocycles. The van der Waals surface area contributed by atoms with Crippen LogP contribution in [0.1, 0.15) is 30.5 Å². The van der Waals surface area contributed by atoms with Crippen molar-refractivity contribution in [2.75, 3.05) is 13.6 Å². The molecule has 0 radical (unpaired) electrons. The average molecular weight is 327 g/mol. The van der Waals surface area contributed by atoms with Gasteiger partial charge in [-0.3, -0.25) is 4.99 Å². The van der Waals surface area contributed by atoms with Crippen LogP contribution in [0.15, 0.2) is 29.5 Å². The molecule has 3 unspecified atom stereocenters. The Labute approximate surface area is 142 Å². The molecule has 0 aromatic carbocycles. The molecule has 0 saturated carbocycles. The van der Waals surface area contributed by atoms with Crippen LogP contribution in [0.3, 0.4) is 0 Å². The molecule has 4 rings (SSSR count). The molecule has 2 N–H and O–H groups in total. The molecule has 24 heavy (non-hydrogen) atoms. The van der Waals surface area contributed by atoms with Crippen LogP contribution in [0.5, 0.6) is 0 Å². The summed E-state index contributed by atoms with van der Waals surface area (Å²) in [6.07, 6.45) is 9.29. The first-order chi connectivity index (χ1) is 11.7. The molecule has 2 fully saturated rings. The third kappa shape index (κ3) is 2.98. The number of ether oxygens (including phenoxy) is 1. The maximum Gasteiger partial charge on any atom is 0.191 e. The summed E-state index contributed by atoms with van der Waals surface area (Å²) in [6, 6.07) is 4.54. The number of hydrogen-bond donors (Lipinski definition) is 2. The van der Waals surface area contributed by atoms with Crippen LogP contribution in [0.25, 0.3) is 5.65 Å². The third-order valence-corrected chi connectivity index (χ3v) is 5.05. The summed E-state index contributed by atoms with van der Waals surface area (Å²) in [5.41, 5.74) is 3.33. The largest absolute Gasteiger partial charge is 0.373 e. The van der Waals surface area contributed by atoms with E-state index in [2.05, 4.69) is 45.3 Å². The predicted octanol–water partition coefficient (Wildman–Crippen LogP) is 1.67. The van der Waals surface area contributed by atoms with E-state index in [1.54, 1.807) is 0 Å². The zero-order valence-electron chi connectivity index (χ0n) is 14.3. The van der Waals surface area contributed by atoms with Crippen LogP contribution in [0.2, 0.25) is 0 Å². The van der Waals surface area contributed by atoms with Crippen molar-refractivity contribution in [3.8, 4) is 0 Å². The van der Waals surface area contributed by atoms with Crippen LogP contribution in [0, 0.1) is 6.92 Å². The van der Waals surface area contributed by atoms with E-state index in [1.165, 1.54) is 18.4 Å². The predicted molar refractivity (Wildman–Crippen MR) is 94.4 cm³/mol. The Morgan fingerprint density at radius 1 is 1.46 bits per heavy atom. The normalized spacial score (nSPS) is 26.2. The Kier molecular flexibility index (Phi) is 4.14. The number of nitrogens with zero attached hydrogens (tertiary/aromatic N) is 3. The molecular formula is C18H25N5O. The third-order valence-electron chi connectivity index (χ3n) is 5.05. The van der Waals surface area contributed by atoms with E-state index < -0.39 is 0 Å². The van der Waals surface area contributed by atoms with E-state index in [1.807, 2.05) is 13.2 Å². The number of rotatable bonds is 4. The van der Waals surface area contributed by atoms with Crippen molar-refractivity contribution in [1.82, 2.24) is 20.0 Å². The van der Waals surface area contributed by atoms with Gasteiger partial charge in [-0.15, -0.1) is 0 Å². The Hall–Kier alpha value is -2.08. The fourth-order valence-corrected chi connectivity index (χ4v) is 3.79. The summed E-state index contributed by atoms with van der Waals surface area (Å²) in [5, 5.41) is 6.90. The van der Waals surface area contributed by atoms with Gasteiger partial charge in [0.1, 0.15) is 5.65 Å². The van der Waals surface area contributed by atoms with Crippen molar-refractivity contribution in [1.29, 1.82) is 0 Å². The number of imidazole rings is 1. The van der Waals surface area contributed by atoms with Crippen molar-refractivity contribution in [2.45, 2.75) is 50.9 Å². The van der Waals surface area contributed by atoms with Gasteiger partial charge in [0.2, 0.25) is 0 Å². The first-order valence-corrected chi connectivity index (χ1v) is 8.79. The monoisotopic (exact) mass is 327 g/mol. The Morgan fingerprint density at radius 3 is 3.08 bits per heavy atom. The summed E-state index contributed by atoms with van der Waals surface area (Å²) in [5.74, 6) is 0.857. The molecule has 128 valence electrons. The number of fused-ring (bicyclic) bond motifs is 3. The van der Waals surface area contributed by atoms with Crippen molar-refractivity contribution >= 4 is 11.6 Å². The van der Waals surface area contributed by atoms with E-state index in [0.29, 0.717) is 18.2 Å². The number of nitrogens with one attached hydrogen (secondary N) is 2. The van der Waals surface area contributed by atoms with Crippen molar-refractivity contribution in [3.05, 3.63) is 35.8 Å². The first-order valence-electron chi connectivity index (χ1n) is 8.79. The zero-order chi connectivity index (χ0) is 16.5. The standard InChI is InChI=1S/C18H25N5O/c1-12-4-3-9-23-11-13(21-17(12)23)7-8-20-18(19-2)22-15-10-14-5-6-16(15)24-14/h3-4,9,11,14-16H,5-8,10H2,1-2H3,(H2,19,20,22). The minimum Gasteiger partial charge on any atom is -0.373 e. The SMILES string of the molecule is CN=C(NCCc1cn2cccc(C)c2n1)NC1CC2CCC1O2. The van der Waals surface area contributed by atoms with E-state index in [4.69, 9.17) is 9.72 Å². The van der Waals surface area contributed by atoms with Crippen LogP contribution < -0.4 is 10.6 Å². The Bertz CT molecular complexity index is 753. The summed E-state index contributed by atoms with van der Waals surface area (Å²) >= 11 is 0. The maximum atomic E-state index is 5.89. The lowest BCUT2D eigenvalue weighted by molar-refractivity contribution is 0.0992. The van der Waals surface area contributed by atoms with Crippen LogP contribution in [-0.2, 0) is 11.2 Å². The van der Waals surface area contributed by atoms with Gasteiger partial charge in [-0.2, -0.15) is 0 Å². The van der Waals surface area contributed by atoms with E-state index in [9.17, 15) is 0 Å². The lowest BCUT2D eigenvalue weighted by Gasteiger charge is -2.22. The molecule has 2 aromatic heterocycles. The molecule has 2 aliphatic rings. The second kappa shape index (κ2) is 6.43. The minimum absolute atomic E-state index is 0.356. The molecule has 3 atom stereocenters. The smallest absolute Gasteiger partial charge is 0.191 e. The molecule has 2 bridgehead atoms. The molecule has 0 amide bonds. The molecule has 2 saturated heterocycles. The highest BCUT2D eigenvalue weighted by Crippen LogP contribution is 2.34. The quantitative estimate of drug-likeness (QED) is 0.662. The molecular weight excluding hydrogens is 302 g/mol. The molecule has 0 aliphatic carbocycles. The fraction of sp³-hybridized carbons (Fsp3) is 0.556. The second-order valence-electron chi connectivity index (χ2n) is 6.76. The minimum atomic E-state index is 0.356. The van der Waals surface area contributed by atoms with Crippen molar-refractivity contribution in [3.63, 3.8) is 0 Å². The van der Waals surface area contributed by atoms with Gasteiger partial charge < -0.3 is 19.8 Å². The first kappa shape index (κ1) is 15.4. The van der Waals surface area contributed by atoms with Gasteiger partial charge in [-0.1, -0.05) is 6.07 Å². The summed E-state index contributed by atoms with van der Waals surface area (Å²) in [4.78, 5) is 9.05. The van der Waals surface area contributed by atoms with Gasteiger partial charge in [-0.05, 0) is 37.8 Å². The summed E-state index contributed by atoms with van der Waals surface area (Å²) in [6.45, 7) is 2.90. The highest BCUT2D eigenvalue weighted by atomic mass is 16.5. The number of guanidine groups is 1.